The molecular weight excluding hydrogens is 306 g/mol. The predicted octanol–water partition coefficient (Wildman–Crippen LogP) is 2.90. The summed E-state index contributed by atoms with van der Waals surface area (Å²) in [5, 5.41) is 7.66. The van der Waals surface area contributed by atoms with Crippen molar-refractivity contribution in [3.05, 3.63) is 58.8 Å². The maximum Gasteiger partial charge on any atom is 0.230 e. The fraction of sp³-hybridized carbons (Fsp3) is 0.333. The van der Waals surface area contributed by atoms with Crippen LogP contribution in [0.15, 0.2) is 27.2 Å². The van der Waals surface area contributed by atoms with Crippen molar-refractivity contribution < 1.29 is 17.8 Å². The lowest BCUT2D eigenvalue weighted by molar-refractivity contribution is 0.371. The van der Waals surface area contributed by atoms with Crippen LogP contribution in [0.25, 0.3) is 0 Å². The van der Waals surface area contributed by atoms with E-state index in [9.17, 15) is 8.78 Å². The Balaban J connectivity index is 1.48. The van der Waals surface area contributed by atoms with E-state index in [4.69, 9.17) is 9.05 Å². The van der Waals surface area contributed by atoms with Crippen molar-refractivity contribution in [1.82, 2.24) is 20.3 Å². The summed E-state index contributed by atoms with van der Waals surface area (Å²) in [5.41, 5.74) is 0.477. The van der Waals surface area contributed by atoms with E-state index in [0.29, 0.717) is 41.8 Å². The third-order valence-corrected chi connectivity index (χ3v) is 3.84. The molecule has 0 bridgehead atoms. The molecule has 118 valence electrons. The van der Waals surface area contributed by atoms with Gasteiger partial charge in [-0.15, -0.1) is 0 Å². The lowest BCUT2D eigenvalue weighted by Gasteiger charge is -2.00. The number of aryl methyl sites for hydroxylation is 1. The molecule has 2 heterocycles. The number of rotatable bonds is 4. The number of hydrogen-bond donors (Lipinski definition) is 0. The van der Waals surface area contributed by atoms with Gasteiger partial charge in [-0.3, -0.25) is 0 Å². The highest BCUT2D eigenvalue weighted by Gasteiger charge is 2.45. The van der Waals surface area contributed by atoms with Gasteiger partial charge in [0, 0.05) is 18.9 Å². The van der Waals surface area contributed by atoms with Crippen molar-refractivity contribution in [1.29, 1.82) is 0 Å². The van der Waals surface area contributed by atoms with Crippen LogP contribution in [0.3, 0.4) is 0 Å². The first-order chi connectivity index (χ1) is 11.1. The van der Waals surface area contributed by atoms with Gasteiger partial charge >= 0.3 is 0 Å². The van der Waals surface area contributed by atoms with Gasteiger partial charge < -0.3 is 9.05 Å². The van der Waals surface area contributed by atoms with E-state index in [1.54, 1.807) is 6.92 Å². The quantitative estimate of drug-likeness (QED) is 0.736. The minimum Gasteiger partial charge on any atom is -0.340 e. The van der Waals surface area contributed by atoms with Gasteiger partial charge in [0.2, 0.25) is 11.8 Å². The maximum atomic E-state index is 13.8. The topological polar surface area (TPSA) is 77.8 Å². The first kappa shape index (κ1) is 14.0. The average Bonchev–Trinajstić information content (AvgIpc) is 2.95. The molecule has 2 aromatic heterocycles. The molecule has 1 aliphatic carbocycles. The molecule has 2 atom stereocenters. The van der Waals surface area contributed by atoms with Gasteiger partial charge in [0.25, 0.3) is 0 Å². The number of aromatic nitrogens is 4. The average molecular weight is 318 g/mol. The summed E-state index contributed by atoms with van der Waals surface area (Å²) < 4.78 is 36.9. The third-order valence-electron chi connectivity index (χ3n) is 3.84. The molecule has 0 unspecified atom stereocenters. The van der Waals surface area contributed by atoms with E-state index in [0.717, 1.165) is 6.07 Å². The standard InChI is InChI=1S/C15H12F2N4O2/c1-7-18-13(20-22-7)6-14-19-15(23-21-14)11-5-10(11)9-3-2-8(16)4-12(9)17/h2-4,10-11H,5-6H2,1H3/t10-,11+/m1/s1. The summed E-state index contributed by atoms with van der Waals surface area (Å²) in [6.45, 7) is 1.70. The summed E-state index contributed by atoms with van der Waals surface area (Å²) in [6, 6.07) is 3.61. The van der Waals surface area contributed by atoms with Crippen molar-refractivity contribution in [2.75, 3.05) is 0 Å². The van der Waals surface area contributed by atoms with E-state index in [1.807, 2.05) is 0 Å². The van der Waals surface area contributed by atoms with Crippen molar-refractivity contribution >= 4 is 0 Å². The second-order valence-electron chi connectivity index (χ2n) is 5.57. The highest BCUT2D eigenvalue weighted by atomic mass is 19.1. The number of nitrogens with zero attached hydrogens (tertiary/aromatic N) is 4. The predicted molar refractivity (Wildman–Crippen MR) is 72.6 cm³/mol. The lowest BCUT2D eigenvalue weighted by atomic mass is 10.1. The molecule has 1 aromatic carbocycles. The molecule has 0 amide bonds. The SMILES string of the molecule is Cc1nc(Cc2noc([C@H]3C[C@@H]3c3ccc(F)cc3F)n2)no1. The Morgan fingerprint density at radius 3 is 2.61 bits per heavy atom. The Morgan fingerprint density at radius 2 is 1.87 bits per heavy atom. The van der Waals surface area contributed by atoms with Crippen LogP contribution in [0.4, 0.5) is 8.78 Å². The van der Waals surface area contributed by atoms with E-state index < -0.39 is 11.6 Å². The smallest absolute Gasteiger partial charge is 0.230 e. The first-order valence-corrected chi connectivity index (χ1v) is 7.17. The van der Waals surface area contributed by atoms with Crippen molar-refractivity contribution in [2.45, 2.75) is 31.6 Å². The third kappa shape index (κ3) is 2.71. The summed E-state index contributed by atoms with van der Waals surface area (Å²) in [6.07, 6.45) is 1.01. The van der Waals surface area contributed by atoms with Crippen molar-refractivity contribution in [3.8, 4) is 0 Å². The van der Waals surface area contributed by atoms with Crippen LogP contribution in [-0.2, 0) is 6.42 Å². The highest BCUT2D eigenvalue weighted by molar-refractivity contribution is 5.32. The minimum absolute atomic E-state index is 0.0387. The Hall–Kier alpha value is -2.64. The summed E-state index contributed by atoms with van der Waals surface area (Å²) in [7, 11) is 0. The molecule has 0 aliphatic heterocycles. The zero-order valence-electron chi connectivity index (χ0n) is 12.2. The second-order valence-corrected chi connectivity index (χ2v) is 5.57. The molecule has 1 aliphatic rings. The molecule has 1 saturated carbocycles. The van der Waals surface area contributed by atoms with Crippen LogP contribution in [0, 0.1) is 18.6 Å². The monoisotopic (exact) mass is 318 g/mol. The van der Waals surface area contributed by atoms with E-state index >= 15 is 0 Å². The second kappa shape index (κ2) is 5.22. The molecule has 1 fully saturated rings. The molecule has 0 spiro atoms. The van der Waals surface area contributed by atoms with Gasteiger partial charge in [0.05, 0.1) is 6.42 Å². The number of halogens is 2. The summed E-state index contributed by atoms with van der Waals surface area (Å²) in [4.78, 5) is 8.38. The normalized spacial score (nSPS) is 20.0. The van der Waals surface area contributed by atoms with Crippen LogP contribution in [0.5, 0.6) is 0 Å². The van der Waals surface area contributed by atoms with Gasteiger partial charge in [-0.2, -0.15) is 9.97 Å². The highest BCUT2D eigenvalue weighted by Crippen LogP contribution is 2.54. The zero-order chi connectivity index (χ0) is 16.0. The molecule has 23 heavy (non-hydrogen) atoms. The Labute approximate surface area is 129 Å². The molecule has 0 saturated heterocycles. The van der Waals surface area contributed by atoms with Gasteiger partial charge in [0.15, 0.2) is 11.6 Å². The zero-order valence-corrected chi connectivity index (χ0v) is 12.2. The van der Waals surface area contributed by atoms with Gasteiger partial charge in [0.1, 0.15) is 11.6 Å². The van der Waals surface area contributed by atoms with Crippen LogP contribution < -0.4 is 0 Å². The molecule has 0 radical (unpaired) electrons. The fourth-order valence-corrected chi connectivity index (χ4v) is 2.66. The summed E-state index contributed by atoms with van der Waals surface area (Å²) in [5.74, 6) is 0.627. The van der Waals surface area contributed by atoms with E-state index in [1.165, 1.54) is 12.1 Å². The van der Waals surface area contributed by atoms with Crippen molar-refractivity contribution in [3.63, 3.8) is 0 Å². The van der Waals surface area contributed by atoms with E-state index in [-0.39, 0.29) is 11.8 Å². The largest absolute Gasteiger partial charge is 0.340 e. The fourth-order valence-electron chi connectivity index (χ4n) is 2.66. The van der Waals surface area contributed by atoms with E-state index in [2.05, 4.69) is 20.3 Å². The molecule has 4 rings (SSSR count). The molecular formula is C15H12F2N4O2. The Morgan fingerprint density at radius 1 is 1.09 bits per heavy atom. The van der Waals surface area contributed by atoms with Crippen LogP contribution in [-0.4, -0.2) is 20.3 Å². The van der Waals surface area contributed by atoms with Crippen LogP contribution >= 0.6 is 0 Å². The Kier molecular flexibility index (Phi) is 3.17. The number of hydrogen-bond acceptors (Lipinski definition) is 6. The van der Waals surface area contributed by atoms with Gasteiger partial charge in [-0.25, -0.2) is 8.78 Å². The maximum absolute atomic E-state index is 13.8. The van der Waals surface area contributed by atoms with Crippen LogP contribution in [0.1, 0.15) is 47.3 Å². The van der Waals surface area contributed by atoms with Gasteiger partial charge in [-0.1, -0.05) is 16.4 Å². The van der Waals surface area contributed by atoms with Crippen molar-refractivity contribution in [2.24, 2.45) is 0 Å². The lowest BCUT2D eigenvalue weighted by Crippen LogP contribution is -1.94. The van der Waals surface area contributed by atoms with Gasteiger partial charge in [-0.05, 0) is 24.0 Å². The Bertz CT molecular complexity index is 861. The number of benzene rings is 1. The summed E-state index contributed by atoms with van der Waals surface area (Å²) >= 11 is 0. The molecule has 8 heteroatoms. The first-order valence-electron chi connectivity index (χ1n) is 7.17. The molecule has 0 N–H and O–H groups in total. The van der Waals surface area contributed by atoms with Crippen LogP contribution in [0.2, 0.25) is 0 Å². The molecule has 6 nitrogen and oxygen atoms in total. The molecule has 3 aromatic rings. The minimum atomic E-state index is -0.584.